The van der Waals surface area contributed by atoms with E-state index >= 15 is 0 Å². The Morgan fingerprint density at radius 1 is 1.04 bits per heavy atom. The zero-order chi connectivity index (χ0) is 17.1. The zero-order valence-corrected chi connectivity index (χ0v) is 14.9. The number of hydrogen-bond acceptors (Lipinski definition) is 3. The van der Waals surface area contributed by atoms with Crippen molar-refractivity contribution in [2.45, 2.75) is 31.6 Å². The SMILES string of the molecule is Cc1cc(C)cc(-n2ccnc(SCc3ccccc3C)c2=O)c1. The second-order valence-electron chi connectivity index (χ2n) is 5.97. The molecule has 0 aliphatic rings. The monoisotopic (exact) mass is 336 g/mol. The van der Waals surface area contributed by atoms with Gasteiger partial charge in [-0.15, -0.1) is 0 Å². The minimum atomic E-state index is -0.0684. The van der Waals surface area contributed by atoms with Gasteiger partial charge < -0.3 is 0 Å². The second kappa shape index (κ2) is 7.05. The first-order chi connectivity index (χ1) is 11.5. The highest BCUT2D eigenvalue weighted by Crippen LogP contribution is 2.21. The van der Waals surface area contributed by atoms with Crippen molar-refractivity contribution in [1.82, 2.24) is 9.55 Å². The highest BCUT2D eigenvalue weighted by molar-refractivity contribution is 7.98. The minimum absolute atomic E-state index is 0.0684. The van der Waals surface area contributed by atoms with Gasteiger partial charge in [-0.3, -0.25) is 9.36 Å². The molecule has 1 heterocycles. The predicted octanol–water partition coefficient (Wildman–Crippen LogP) is 4.45. The van der Waals surface area contributed by atoms with E-state index in [-0.39, 0.29) is 5.56 Å². The fourth-order valence-electron chi connectivity index (χ4n) is 2.70. The lowest BCUT2D eigenvalue weighted by atomic mass is 10.1. The van der Waals surface area contributed by atoms with Gasteiger partial charge in [0.25, 0.3) is 5.56 Å². The number of aromatic nitrogens is 2. The van der Waals surface area contributed by atoms with Crippen molar-refractivity contribution < 1.29 is 0 Å². The van der Waals surface area contributed by atoms with E-state index in [0.29, 0.717) is 5.03 Å². The molecule has 1 aromatic heterocycles. The van der Waals surface area contributed by atoms with Crippen LogP contribution in [0.4, 0.5) is 0 Å². The number of rotatable bonds is 4. The lowest BCUT2D eigenvalue weighted by Crippen LogP contribution is -2.20. The van der Waals surface area contributed by atoms with Gasteiger partial charge in [0.05, 0.1) is 0 Å². The van der Waals surface area contributed by atoms with Gasteiger partial charge in [-0.2, -0.15) is 0 Å². The van der Waals surface area contributed by atoms with Gasteiger partial charge in [-0.25, -0.2) is 4.98 Å². The smallest absolute Gasteiger partial charge is 0.280 e. The lowest BCUT2D eigenvalue weighted by Gasteiger charge is -2.10. The molecule has 0 atom stereocenters. The molecule has 24 heavy (non-hydrogen) atoms. The fraction of sp³-hybridized carbons (Fsp3) is 0.200. The maximum absolute atomic E-state index is 12.8. The first-order valence-electron chi connectivity index (χ1n) is 7.88. The van der Waals surface area contributed by atoms with E-state index in [1.54, 1.807) is 17.0 Å². The summed E-state index contributed by atoms with van der Waals surface area (Å²) in [6.45, 7) is 6.16. The van der Waals surface area contributed by atoms with Crippen LogP contribution in [0.3, 0.4) is 0 Å². The third-order valence-corrected chi connectivity index (χ3v) is 4.93. The molecule has 3 rings (SSSR count). The number of aryl methyl sites for hydroxylation is 3. The minimum Gasteiger partial charge on any atom is -0.280 e. The summed E-state index contributed by atoms with van der Waals surface area (Å²) in [7, 11) is 0. The van der Waals surface area contributed by atoms with Crippen LogP contribution in [-0.4, -0.2) is 9.55 Å². The number of benzene rings is 2. The number of thioether (sulfide) groups is 1. The van der Waals surface area contributed by atoms with Gasteiger partial charge in [0.1, 0.15) is 0 Å². The van der Waals surface area contributed by atoms with E-state index < -0.39 is 0 Å². The van der Waals surface area contributed by atoms with E-state index in [2.05, 4.69) is 30.1 Å². The van der Waals surface area contributed by atoms with Crippen LogP contribution in [0, 0.1) is 20.8 Å². The Labute approximate surface area is 146 Å². The molecule has 0 bridgehead atoms. The molecule has 0 radical (unpaired) electrons. The quantitative estimate of drug-likeness (QED) is 0.660. The van der Waals surface area contributed by atoms with E-state index in [4.69, 9.17) is 0 Å². The first kappa shape index (κ1) is 16.5. The molecule has 0 N–H and O–H groups in total. The van der Waals surface area contributed by atoms with E-state index in [1.807, 2.05) is 38.1 Å². The van der Waals surface area contributed by atoms with Crippen molar-refractivity contribution in [1.29, 1.82) is 0 Å². The van der Waals surface area contributed by atoms with Crippen molar-refractivity contribution in [3.8, 4) is 5.69 Å². The molecule has 3 nitrogen and oxygen atoms in total. The first-order valence-corrected chi connectivity index (χ1v) is 8.87. The Kier molecular flexibility index (Phi) is 4.86. The normalized spacial score (nSPS) is 10.8. The average Bonchev–Trinajstić information content (AvgIpc) is 2.54. The second-order valence-corrected chi connectivity index (χ2v) is 6.93. The van der Waals surface area contributed by atoms with E-state index in [9.17, 15) is 4.79 Å². The summed E-state index contributed by atoms with van der Waals surface area (Å²) in [5.74, 6) is 0.742. The van der Waals surface area contributed by atoms with Gasteiger partial charge in [0.15, 0.2) is 5.03 Å². The van der Waals surface area contributed by atoms with Crippen LogP contribution < -0.4 is 5.56 Å². The molecule has 0 aliphatic carbocycles. The molecule has 0 spiro atoms. The Morgan fingerprint density at radius 2 is 1.75 bits per heavy atom. The maximum Gasteiger partial charge on any atom is 0.287 e. The highest BCUT2D eigenvalue weighted by atomic mass is 32.2. The Morgan fingerprint density at radius 3 is 2.46 bits per heavy atom. The molecule has 0 saturated heterocycles. The third-order valence-electron chi connectivity index (χ3n) is 3.92. The van der Waals surface area contributed by atoms with Gasteiger partial charge in [-0.1, -0.05) is 42.1 Å². The molecule has 2 aromatic carbocycles. The third kappa shape index (κ3) is 3.60. The van der Waals surface area contributed by atoms with Crippen LogP contribution in [0.5, 0.6) is 0 Å². The zero-order valence-electron chi connectivity index (χ0n) is 14.1. The molecule has 0 unspecified atom stereocenters. The van der Waals surface area contributed by atoms with Crippen molar-refractivity contribution in [2.24, 2.45) is 0 Å². The van der Waals surface area contributed by atoms with Crippen LogP contribution in [0.25, 0.3) is 5.69 Å². The lowest BCUT2D eigenvalue weighted by molar-refractivity contribution is 0.880. The number of hydrogen-bond donors (Lipinski definition) is 0. The Balaban J connectivity index is 1.91. The summed E-state index contributed by atoms with van der Waals surface area (Å²) < 4.78 is 1.67. The van der Waals surface area contributed by atoms with Crippen LogP contribution in [-0.2, 0) is 5.75 Å². The van der Waals surface area contributed by atoms with Gasteiger partial charge >= 0.3 is 0 Å². The van der Waals surface area contributed by atoms with Gasteiger partial charge in [-0.05, 0) is 55.2 Å². The van der Waals surface area contributed by atoms with Crippen molar-refractivity contribution >= 4 is 11.8 Å². The van der Waals surface area contributed by atoms with Crippen LogP contribution in [0.2, 0.25) is 0 Å². The average molecular weight is 336 g/mol. The molecule has 4 heteroatoms. The number of nitrogens with zero attached hydrogens (tertiary/aromatic N) is 2. The molecule has 0 fully saturated rings. The van der Waals surface area contributed by atoms with E-state index in [0.717, 1.165) is 22.6 Å². The summed E-state index contributed by atoms with van der Waals surface area (Å²) in [5.41, 5.74) is 5.56. The van der Waals surface area contributed by atoms with Gasteiger partial charge in [0, 0.05) is 23.8 Å². The molecule has 0 aliphatic heterocycles. The summed E-state index contributed by atoms with van der Waals surface area (Å²) in [4.78, 5) is 17.1. The Bertz CT molecular complexity index is 911. The van der Waals surface area contributed by atoms with Crippen LogP contribution >= 0.6 is 11.8 Å². The van der Waals surface area contributed by atoms with E-state index in [1.165, 1.54) is 22.9 Å². The van der Waals surface area contributed by atoms with Crippen molar-refractivity contribution in [3.63, 3.8) is 0 Å². The standard InChI is InChI=1S/C20H20N2OS/c1-14-10-15(2)12-18(11-14)22-9-8-21-19(20(22)23)24-13-17-7-5-4-6-16(17)3/h4-12H,13H2,1-3H3. The van der Waals surface area contributed by atoms with Crippen LogP contribution in [0.1, 0.15) is 22.3 Å². The largest absolute Gasteiger partial charge is 0.287 e. The topological polar surface area (TPSA) is 34.9 Å². The fourth-order valence-corrected chi connectivity index (χ4v) is 3.68. The van der Waals surface area contributed by atoms with Gasteiger partial charge in [0.2, 0.25) is 0 Å². The Hall–Kier alpha value is -2.33. The molecule has 0 saturated carbocycles. The van der Waals surface area contributed by atoms with Crippen molar-refractivity contribution in [2.75, 3.05) is 0 Å². The van der Waals surface area contributed by atoms with Crippen LogP contribution in [0.15, 0.2) is 64.7 Å². The summed E-state index contributed by atoms with van der Waals surface area (Å²) in [6, 6.07) is 14.4. The molecule has 3 aromatic rings. The highest BCUT2D eigenvalue weighted by Gasteiger charge is 2.09. The molecular formula is C20H20N2OS. The summed E-state index contributed by atoms with van der Waals surface area (Å²) >= 11 is 1.49. The summed E-state index contributed by atoms with van der Waals surface area (Å²) in [5, 5.41) is 0.528. The summed E-state index contributed by atoms with van der Waals surface area (Å²) in [6.07, 6.45) is 3.42. The molecular weight excluding hydrogens is 316 g/mol. The molecule has 122 valence electrons. The predicted molar refractivity (Wildman–Crippen MR) is 100 cm³/mol. The molecule has 0 amide bonds. The maximum atomic E-state index is 12.8. The van der Waals surface area contributed by atoms with Crippen molar-refractivity contribution in [3.05, 3.63) is 87.5 Å².